The van der Waals surface area contributed by atoms with Crippen LogP contribution in [-0.4, -0.2) is 166 Å². The minimum absolute atomic E-state index is 0. The van der Waals surface area contributed by atoms with Crippen LogP contribution >= 0.6 is 15.9 Å². The summed E-state index contributed by atoms with van der Waals surface area (Å²) in [6.07, 6.45) is 27.0. The van der Waals surface area contributed by atoms with E-state index < -0.39 is 0 Å². The van der Waals surface area contributed by atoms with Gasteiger partial charge in [-0.1, -0.05) is 76.6 Å². The SMILES string of the molecule is O=CO[O-].O=Cc1cccc(O)c1.O=Cc1cccc(OCCCO)c1.O=Cc1cccc(OCCCO)c1.OCCCBr.OCCCOc1cccc(-c2c3nc(cc4ccc([nH]4)c(-c4cccc(OCCCO)c4)c4nc(cc5ccc2[nH]5)C=C4)C=C3)c1.[H-].[K+].[K+].c1c[nH]c(Cc2ccc[nH]2)c1.c1c[nH]c(Cc2ccc[nH]2)c1.c1cc[nH]c1. The number of hydrogen-bond donors (Lipinski definition) is 13. The average Bonchev–Trinajstić information content (AvgIpc) is 1.63. The summed E-state index contributed by atoms with van der Waals surface area (Å²) in [6.45, 7) is 2.36. The van der Waals surface area contributed by atoms with E-state index in [1.807, 2.05) is 159 Å². The topological polar surface area (TPSA) is 395 Å². The molecule has 0 atom stereocenters. The van der Waals surface area contributed by atoms with Gasteiger partial charge in [0.1, 0.15) is 47.6 Å². The van der Waals surface area contributed by atoms with E-state index >= 15 is 0 Å². The molecule has 8 aromatic heterocycles. The number of halogens is 1. The quantitative estimate of drug-likeness (QED) is 0.00542. The number of ether oxygens (including phenoxy) is 4. The largest absolute Gasteiger partial charge is 1.00 e. The van der Waals surface area contributed by atoms with Gasteiger partial charge in [-0.2, -0.15) is 0 Å². The van der Waals surface area contributed by atoms with E-state index in [2.05, 4.69) is 104 Å². The number of carbonyl (C=O) groups excluding carboxylic acids is 4. The van der Waals surface area contributed by atoms with E-state index in [1.54, 1.807) is 60.7 Å². The van der Waals surface area contributed by atoms with Gasteiger partial charge in [0.05, 0.1) is 49.2 Å². The van der Waals surface area contributed by atoms with E-state index in [0.717, 1.165) is 116 Å². The summed E-state index contributed by atoms with van der Waals surface area (Å²) in [7, 11) is 0. The molecule has 0 radical (unpaired) electrons. The molecule has 2 aliphatic rings. The smallest absolute Gasteiger partial charge is 1.00 e. The molecule has 28 heteroatoms. The van der Waals surface area contributed by atoms with E-state index in [0.29, 0.717) is 93.2 Å². The van der Waals surface area contributed by atoms with Crippen molar-refractivity contribution >= 4 is 87.6 Å². The van der Waals surface area contributed by atoms with Crippen molar-refractivity contribution in [1.29, 1.82) is 0 Å². The maximum atomic E-state index is 10.4. The fourth-order valence-corrected chi connectivity index (χ4v) is 11.0. The number of H-pyrrole nitrogens is 7. The molecule has 13 N–H and O–H groups in total. The number of aliphatic hydroxyl groups excluding tert-OH is 5. The van der Waals surface area contributed by atoms with Crippen molar-refractivity contribution in [2.75, 3.05) is 64.8 Å². The molecule has 8 bridgehead atoms. The van der Waals surface area contributed by atoms with Gasteiger partial charge < -0.3 is 96.0 Å². The van der Waals surface area contributed by atoms with Gasteiger partial charge in [-0.3, -0.25) is 19.2 Å². The minimum Gasteiger partial charge on any atom is -1.00 e. The molecular formula is C91H98BrK2N9O16. The minimum atomic E-state index is -0.181. The van der Waals surface area contributed by atoms with Crippen LogP contribution in [0.15, 0.2) is 256 Å². The predicted octanol–water partition coefficient (Wildman–Crippen LogP) is 9.44. The molecule has 0 fully saturated rings. The second-order valence-electron chi connectivity index (χ2n) is 25.0. The number of nitrogens with one attached hydrogen (secondary N) is 7. The zero-order valence-electron chi connectivity index (χ0n) is 67.4. The van der Waals surface area contributed by atoms with Crippen LogP contribution < -0.4 is 127 Å². The standard InChI is InChI=1S/C38H34N4O4.2C10H12O3.2C9H10N2.C7H6O2.C4H5N.C3H7BrO.CH2O3.2K.H/c43-17-3-19-45-31-7-1-5-25(21-31)37-33-13-9-27(39-33)23-29-11-15-35(41-29)38(26-6-2-8-32(22-26)46-20-4-18-44)36-16-12-30(42-36)24-28-10-14-34(37)40-28;2*11-5-2-6-13-10-4-1-3-9(7-10)8-12;2*1-3-8(10-5-1)7-9-4-2-6-11-9;8-5-6-2-1-3-7(9)4-6;1-2-4-5-3-1;4-2-1-3-5;2-1-4-3;;;/h1-2,5-16,21-24,39,42-44H,3-4,17-20H2;2*1,3-4,7-8,11H,2,5-6H2;2*1-6,10-11H,7H2;1-5,9H;1-5H;5H,1-3H2;1,3H;;;/q;;;;;;;;;2*+1;-1/p-1. The van der Waals surface area contributed by atoms with Gasteiger partial charge in [0.25, 0.3) is 6.47 Å². The van der Waals surface area contributed by atoms with Crippen molar-refractivity contribution in [3.05, 3.63) is 318 Å². The number of benzene rings is 5. The Kier molecular flexibility index (Phi) is 50.7. The molecule has 13 aromatic rings. The Morgan fingerprint density at radius 3 is 1.02 bits per heavy atom. The van der Waals surface area contributed by atoms with Crippen LogP contribution in [0.1, 0.15) is 110 Å². The first-order valence-electron chi connectivity index (χ1n) is 37.5. The molecule has 0 amide bonds. The predicted molar refractivity (Wildman–Crippen MR) is 459 cm³/mol. The van der Waals surface area contributed by atoms with E-state index in [1.165, 1.54) is 34.9 Å². The number of fused-ring (bicyclic) bond motifs is 8. The number of hydrogen-bond acceptors (Lipinski definition) is 18. The Bertz CT molecular complexity index is 4810. The molecule has 0 aliphatic carbocycles. The summed E-state index contributed by atoms with van der Waals surface area (Å²) in [4.78, 5) is 74.8. The maximum Gasteiger partial charge on any atom is 1.00 e. The third kappa shape index (κ3) is 38.4. The Labute approximate surface area is 785 Å². The van der Waals surface area contributed by atoms with Crippen LogP contribution in [0, 0.1) is 0 Å². The van der Waals surface area contributed by atoms with Crippen molar-refractivity contribution < 1.29 is 183 Å². The summed E-state index contributed by atoms with van der Waals surface area (Å²) in [6, 6.07) is 68.6. The van der Waals surface area contributed by atoms with E-state index in [4.69, 9.17) is 59.4 Å². The number of aldehydes is 3. The van der Waals surface area contributed by atoms with Crippen LogP contribution in [0.3, 0.4) is 0 Å². The molecular weight excluding hydrogens is 1630 g/mol. The number of aliphatic hydroxyl groups is 5. The molecule has 2 aliphatic heterocycles. The molecule has 612 valence electrons. The Morgan fingerprint density at radius 1 is 0.387 bits per heavy atom. The monoisotopic (exact) mass is 1730 g/mol. The van der Waals surface area contributed by atoms with Crippen molar-refractivity contribution in [3.63, 3.8) is 0 Å². The summed E-state index contributed by atoms with van der Waals surface area (Å²) >= 11 is 3.15. The number of alkyl halides is 1. The fraction of sp³-hybridized carbons (Fsp3) is 0.187. The first-order chi connectivity index (χ1) is 57.4. The third-order valence-corrected chi connectivity index (χ3v) is 16.7. The molecule has 0 saturated heterocycles. The number of phenols is 1. The van der Waals surface area contributed by atoms with Gasteiger partial charge in [-0.15, -0.1) is 0 Å². The molecule has 10 heterocycles. The normalized spacial score (nSPS) is 10.2. The van der Waals surface area contributed by atoms with Crippen LogP contribution in [0.5, 0.6) is 28.7 Å². The van der Waals surface area contributed by atoms with Crippen LogP contribution in [0.4, 0.5) is 0 Å². The Hall–Kier alpha value is -9.91. The number of aromatic amines is 7. The van der Waals surface area contributed by atoms with E-state index in [-0.39, 0.29) is 143 Å². The van der Waals surface area contributed by atoms with Gasteiger partial charge in [0, 0.05) is 187 Å². The van der Waals surface area contributed by atoms with Gasteiger partial charge in [-0.05, 0) is 200 Å². The van der Waals surface area contributed by atoms with Crippen molar-refractivity contribution in [3.8, 4) is 51.0 Å². The van der Waals surface area contributed by atoms with Crippen LogP contribution in [0.2, 0.25) is 0 Å². The van der Waals surface area contributed by atoms with E-state index in [9.17, 15) is 24.6 Å². The summed E-state index contributed by atoms with van der Waals surface area (Å²) in [5, 5.41) is 61.5. The Balaban J connectivity index is 0.000000332. The zero-order valence-corrected chi connectivity index (χ0v) is 74.3. The molecule has 0 saturated carbocycles. The number of nitrogens with zero attached hydrogens (tertiary/aromatic N) is 2. The van der Waals surface area contributed by atoms with Crippen LogP contribution in [-0.2, 0) is 22.5 Å². The summed E-state index contributed by atoms with van der Waals surface area (Å²) < 4.78 is 22.3. The molecule has 15 rings (SSSR count). The zero-order chi connectivity index (χ0) is 83.1. The number of rotatable bonds is 28. The maximum absolute atomic E-state index is 10.4. The Morgan fingerprint density at radius 2 is 0.731 bits per heavy atom. The molecule has 25 nitrogen and oxygen atoms in total. The summed E-state index contributed by atoms with van der Waals surface area (Å²) in [5.41, 5.74) is 17.5. The van der Waals surface area contributed by atoms with Gasteiger partial charge in [0.15, 0.2) is 0 Å². The van der Waals surface area contributed by atoms with Crippen molar-refractivity contribution in [2.24, 2.45) is 0 Å². The molecule has 5 aromatic carbocycles. The second kappa shape index (κ2) is 60.5. The van der Waals surface area contributed by atoms with Crippen molar-refractivity contribution in [2.45, 2.75) is 44.9 Å². The summed E-state index contributed by atoms with van der Waals surface area (Å²) in [5.74, 6) is 2.93. The van der Waals surface area contributed by atoms with Gasteiger partial charge >= 0.3 is 103 Å². The average molecular weight is 1730 g/mol. The van der Waals surface area contributed by atoms with Crippen LogP contribution in [0.25, 0.3) is 68.6 Å². The number of carbonyl (C=O) groups is 4. The number of phenolic OH excluding ortho intramolecular Hbond substituents is 1. The number of aromatic hydroxyl groups is 1. The molecule has 119 heavy (non-hydrogen) atoms. The second-order valence-corrected chi connectivity index (χ2v) is 25.8. The first-order valence-corrected chi connectivity index (χ1v) is 38.6. The fourth-order valence-electron chi connectivity index (χ4n) is 10.8. The van der Waals surface area contributed by atoms with Crippen molar-refractivity contribution in [1.82, 2.24) is 44.9 Å². The molecule has 0 spiro atoms. The third-order valence-electron chi connectivity index (χ3n) is 16.2. The molecule has 0 unspecified atom stereocenters. The van der Waals surface area contributed by atoms with Gasteiger partial charge in [0.2, 0.25) is 0 Å². The van der Waals surface area contributed by atoms with Gasteiger partial charge in [-0.25, -0.2) is 9.97 Å². The number of aromatic nitrogens is 9. The first kappa shape index (κ1) is 99.7.